The molecule has 0 aromatic heterocycles. The van der Waals surface area contributed by atoms with Gasteiger partial charge in [0.2, 0.25) is 0 Å². The monoisotopic (exact) mass is 303 g/mol. The molecule has 0 saturated carbocycles. The van der Waals surface area contributed by atoms with Crippen molar-refractivity contribution in [2.45, 2.75) is 30.2 Å². The van der Waals surface area contributed by atoms with Gasteiger partial charge >= 0.3 is 5.97 Å². The first kappa shape index (κ1) is 15.9. The number of thioether (sulfide) groups is 1. The van der Waals surface area contributed by atoms with Crippen LogP contribution in [0.3, 0.4) is 0 Å². The Balaban J connectivity index is 1.89. The van der Waals surface area contributed by atoms with E-state index in [-0.39, 0.29) is 0 Å². The van der Waals surface area contributed by atoms with Crippen LogP contribution in [0.1, 0.15) is 19.8 Å². The SMILES string of the molecule is CNC(C)(CCCSc1ccc2ccccc2c1)C(=O)O. The summed E-state index contributed by atoms with van der Waals surface area (Å²) in [4.78, 5) is 12.4. The van der Waals surface area contributed by atoms with E-state index in [0.29, 0.717) is 6.42 Å². The Morgan fingerprint density at radius 3 is 2.62 bits per heavy atom. The Bertz CT molecular complexity index is 629. The van der Waals surface area contributed by atoms with Gasteiger partial charge in [-0.2, -0.15) is 0 Å². The maximum absolute atomic E-state index is 11.2. The van der Waals surface area contributed by atoms with E-state index in [1.54, 1.807) is 25.7 Å². The molecule has 3 nitrogen and oxygen atoms in total. The fourth-order valence-corrected chi connectivity index (χ4v) is 3.11. The standard InChI is InChI=1S/C17H21NO2S/c1-17(18-2,16(19)20)10-5-11-21-15-9-8-13-6-3-4-7-14(13)12-15/h3-4,6-9,12,18H,5,10-11H2,1-2H3,(H,19,20). The fraction of sp³-hybridized carbons (Fsp3) is 0.353. The third-order valence-corrected chi connectivity index (χ3v) is 4.91. The molecule has 2 N–H and O–H groups in total. The number of likely N-dealkylation sites (N-methyl/N-ethyl adjacent to an activating group) is 1. The molecule has 2 rings (SSSR count). The van der Waals surface area contributed by atoms with Crippen molar-refractivity contribution in [2.24, 2.45) is 0 Å². The van der Waals surface area contributed by atoms with E-state index in [4.69, 9.17) is 0 Å². The van der Waals surface area contributed by atoms with Crippen molar-refractivity contribution >= 4 is 28.5 Å². The molecule has 0 bridgehead atoms. The van der Waals surface area contributed by atoms with Crippen molar-refractivity contribution in [3.8, 4) is 0 Å². The van der Waals surface area contributed by atoms with E-state index >= 15 is 0 Å². The Morgan fingerprint density at radius 1 is 1.24 bits per heavy atom. The predicted molar refractivity (Wildman–Crippen MR) is 89.0 cm³/mol. The molecule has 0 aliphatic heterocycles. The van der Waals surface area contributed by atoms with Crippen molar-refractivity contribution in [2.75, 3.05) is 12.8 Å². The molecule has 112 valence electrons. The van der Waals surface area contributed by atoms with E-state index in [9.17, 15) is 9.90 Å². The van der Waals surface area contributed by atoms with Gasteiger partial charge in [0.05, 0.1) is 0 Å². The number of nitrogens with one attached hydrogen (secondary N) is 1. The number of benzene rings is 2. The lowest BCUT2D eigenvalue weighted by Gasteiger charge is -2.23. The van der Waals surface area contributed by atoms with E-state index in [1.807, 2.05) is 12.1 Å². The second-order valence-corrected chi connectivity index (χ2v) is 6.52. The van der Waals surface area contributed by atoms with Crippen LogP contribution in [0, 0.1) is 0 Å². The van der Waals surface area contributed by atoms with Gasteiger partial charge in [-0.05, 0) is 55.5 Å². The number of fused-ring (bicyclic) bond motifs is 1. The van der Waals surface area contributed by atoms with Crippen LogP contribution in [-0.4, -0.2) is 29.4 Å². The molecule has 0 aliphatic carbocycles. The number of carbonyl (C=O) groups is 1. The first-order valence-corrected chi connectivity index (χ1v) is 8.08. The van der Waals surface area contributed by atoms with Gasteiger partial charge in [0.1, 0.15) is 5.54 Å². The molecule has 0 aliphatic rings. The summed E-state index contributed by atoms with van der Waals surface area (Å²) in [7, 11) is 1.70. The maximum atomic E-state index is 11.2. The van der Waals surface area contributed by atoms with E-state index < -0.39 is 11.5 Å². The number of carboxylic acid groups (broad SMARTS) is 1. The third kappa shape index (κ3) is 3.99. The van der Waals surface area contributed by atoms with Crippen molar-refractivity contribution in [3.05, 3.63) is 42.5 Å². The minimum atomic E-state index is -0.829. The van der Waals surface area contributed by atoms with Crippen LogP contribution in [-0.2, 0) is 4.79 Å². The molecular weight excluding hydrogens is 282 g/mol. The van der Waals surface area contributed by atoms with E-state index in [2.05, 4.69) is 35.6 Å². The summed E-state index contributed by atoms with van der Waals surface area (Å²) < 4.78 is 0. The Kier molecular flexibility index (Phi) is 5.26. The smallest absolute Gasteiger partial charge is 0.323 e. The third-order valence-electron chi connectivity index (χ3n) is 3.83. The molecule has 0 amide bonds. The van der Waals surface area contributed by atoms with Crippen LogP contribution < -0.4 is 5.32 Å². The Labute approximate surface area is 129 Å². The lowest BCUT2D eigenvalue weighted by atomic mass is 9.97. The van der Waals surface area contributed by atoms with Gasteiger partial charge in [-0.15, -0.1) is 11.8 Å². The highest BCUT2D eigenvalue weighted by Crippen LogP contribution is 2.25. The molecule has 1 unspecified atom stereocenters. The number of hydrogen-bond acceptors (Lipinski definition) is 3. The van der Waals surface area contributed by atoms with Gasteiger partial charge in [0, 0.05) is 4.90 Å². The molecule has 21 heavy (non-hydrogen) atoms. The average Bonchev–Trinajstić information content (AvgIpc) is 2.51. The quantitative estimate of drug-likeness (QED) is 0.604. The predicted octanol–water partition coefficient (Wildman–Crippen LogP) is 3.77. The molecule has 1 atom stereocenters. The van der Waals surface area contributed by atoms with Crippen LogP contribution in [0.15, 0.2) is 47.4 Å². The summed E-state index contributed by atoms with van der Waals surface area (Å²) in [6.07, 6.45) is 1.49. The lowest BCUT2D eigenvalue weighted by molar-refractivity contribution is -0.144. The molecule has 0 radical (unpaired) electrons. The van der Waals surface area contributed by atoms with Crippen LogP contribution in [0.5, 0.6) is 0 Å². The Hall–Kier alpha value is -1.52. The van der Waals surface area contributed by atoms with Gasteiger partial charge in [-0.3, -0.25) is 4.79 Å². The summed E-state index contributed by atoms with van der Waals surface area (Å²) in [5, 5.41) is 14.6. The zero-order chi connectivity index (χ0) is 15.3. The zero-order valence-electron chi connectivity index (χ0n) is 12.4. The van der Waals surface area contributed by atoms with E-state index in [0.717, 1.165) is 12.2 Å². The first-order valence-electron chi connectivity index (χ1n) is 7.09. The van der Waals surface area contributed by atoms with E-state index in [1.165, 1.54) is 15.7 Å². The van der Waals surface area contributed by atoms with Gasteiger partial charge < -0.3 is 10.4 Å². The minimum Gasteiger partial charge on any atom is -0.480 e. The molecule has 0 saturated heterocycles. The molecule has 0 heterocycles. The minimum absolute atomic E-state index is 0.624. The molecule has 4 heteroatoms. The summed E-state index contributed by atoms with van der Waals surface area (Å²) >= 11 is 1.78. The number of aliphatic carboxylic acids is 1. The van der Waals surface area contributed by atoms with Crippen molar-refractivity contribution in [1.82, 2.24) is 5.32 Å². The first-order chi connectivity index (χ1) is 10.0. The summed E-state index contributed by atoms with van der Waals surface area (Å²) in [6.45, 7) is 1.73. The normalized spacial score (nSPS) is 14.0. The highest BCUT2D eigenvalue weighted by atomic mass is 32.2. The highest BCUT2D eigenvalue weighted by Gasteiger charge is 2.30. The van der Waals surface area contributed by atoms with Gasteiger partial charge in [0.25, 0.3) is 0 Å². The van der Waals surface area contributed by atoms with Gasteiger partial charge in [-0.25, -0.2) is 0 Å². The van der Waals surface area contributed by atoms with Gasteiger partial charge in [-0.1, -0.05) is 30.3 Å². The molecule has 2 aromatic rings. The fourth-order valence-electron chi connectivity index (χ4n) is 2.21. The average molecular weight is 303 g/mol. The van der Waals surface area contributed by atoms with Crippen molar-refractivity contribution < 1.29 is 9.90 Å². The Morgan fingerprint density at radius 2 is 1.95 bits per heavy atom. The van der Waals surface area contributed by atoms with Crippen LogP contribution >= 0.6 is 11.8 Å². The summed E-state index contributed by atoms with van der Waals surface area (Å²) in [5.74, 6) is 0.129. The largest absolute Gasteiger partial charge is 0.480 e. The summed E-state index contributed by atoms with van der Waals surface area (Å²) in [5.41, 5.74) is -0.829. The second kappa shape index (κ2) is 6.96. The number of carboxylic acids is 1. The number of rotatable bonds is 7. The van der Waals surface area contributed by atoms with Crippen molar-refractivity contribution in [3.63, 3.8) is 0 Å². The molecular formula is C17H21NO2S. The second-order valence-electron chi connectivity index (χ2n) is 5.35. The highest BCUT2D eigenvalue weighted by molar-refractivity contribution is 7.99. The van der Waals surface area contributed by atoms with Crippen LogP contribution in [0.4, 0.5) is 0 Å². The maximum Gasteiger partial charge on any atom is 0.323 e. The molecule has 2 aromatic carbocycles. The van der Waals surface area contributed by atoms with Crippen LogP contribution in [0.2, 0.25) is 0 Å². The number of hydrogen-bond donors (Lipinski definition) is 2. The summed E-state index contributed by atoms with van der Waals surface area (Å²) in [6, 6.07) is 14.8. The molecule has 0 fully saturated rings. The lowest BCUT2D eigenvalue weighted by Crippen LogP contribution is -2.47. The van der Waals surface area contributed by atoms with Crippen molar-refractivity contribution in [1.29, 1.82) is 0 Å². The van der Waals surface area contributed by atoms with Crippen LogP contribution in [0.25, 0.3) is 10.8 Å². The molecule has 0 spiro atoms. The topological polar surface area (TPSA) is 49.3 Å². The van der Waals surface area contributed by atoms with Gasteiger partial charge in [0.15, 0.2) is 0 Å². The zero-order valence-corrected chi connectivity index (χ0v) is 13.2.